The van der Waals surface area contributed by atoms with Crippen molar-refractivity contribution in [2.24, 2.45) is 5.92 Å². The molecule has 3 nitrogen and oxygen atoms in total. The molecule has 0 aromatic heterocycles. The van der Waals surface area contributed by atoms with Crippen LogP contribution in [0.15, 0.2) is 23.1 Å². The lowest BCUT2D eigenvalue weighted by molar-refractivity contribution is 0.373. The van der Waals surface area contributed by atoms with Crippen molar-refractivity contribution in [2.45, 2.75) is 49.3 Å². The molecule has 0 amide bonds. The highest BCUT2D eigenvalue weighted by molar-refractivity contribution is 9.09. The summed E-state index contributed by atoms with van der Waals surface area (Å²) in [5.74, 6) is 0.394. The van der Waals surface area contributed by atoms with Crippen LogP contribution in [0.25, 0.3) is 0 Å². The molecule has 1 N–H and O–H groups in total. The molecule has 0 bridgehead atoms. The lowest BCUT2D eigenvalue weighted by Crippen LogP contribution is -2.34. The van der Waals surface area contributed by atoms with Crippen LogP contribution < -0.4 is 4.72 Å². The van der Waals surface area contributed by atoms with Gasteiger partial charge in [-0.15, -0.1) is 0 Å². The Morgan fingerprint density at radius 2 is 1.90 bits per heavy atom. The number of hydrogen-bond acceptors (Lipinski definition) is 2. The van der Waals surface area contributed by atoms with Gasteiger partial charge in [0.15, 0.2) is 0 Å². The predicted molar refractivity (Wildman–Crippen MR) is 85.8 cm³/mol. The summed E-state index contributed by atoms with van der Waals surface area (Å²) in [5, 5.41) is 0. The average molecular weight is 360 g/mol. The molecule has 0 radical (unpaired) electrons. The van der Waals surface area contributed by atoms with E-state index >= 15 is 0 Å². The second-order valence-corrected chi connectivity index (χ2v) is 8.60. The molecule has 2 unspecified atom stereocenters. The summed E-state index contributed by atoms with van der Waals surface area (Å²) in [6.45, 7) is 4.44. The number of halogens is 1. The Morgan fingerprint density at radius 1 is 1.20 bits per heavy atom. The molecule has 0 spiro atoms. The highest BCUT2D eigenvalue weighted by atomic mass is 79.9. The molecule has 5 heteroatoms. The van der Waals surface area contributed by atoms with Gasteiger partial charge in [-0.3, -0.25) is 0 Å². The van der Waals surface area contributed by atoms with Gasteiger partial charge in [-0.1, -0.05) is 34.8 Å². The van der Waals surface area contributed by atoms with Gasteiger partial charge in [0, 0.05) is 11.4 Å². The first kappa shape index (κ1) is 16.0. The smallest absolute Gasteiger partial charge is 0.211 e. The molecule has 2 atom stereocenters. The molecule has 0 saturated heterocycles. The zero-order valence-corrected chi connectivity index (χ0v) is 14.4. The van der Waals surface area contributed by atoms with Gasteiger partial charge in [-0.25, -0.2) is 13.1 Å². The molecular weight excluding hydrogens is 338 g/mol. The van der Waals surface area contributed by atoms with Crippen LogP contribution in [0.1, 0.15) is 36.8 Å². The number of nitrogens with one attached hydrogen (secondary N) is 1. The van der Waals surface area contributed by atoms with Crippen LogP contribution in [0.5, 0.6) is 0 Å². The monoisotopic (exact) mass is 359 g/mol. The Labute approximate surface area is 130 Å². The molecule has 1 aliphatic carbocycles. The molecule has 1 fully saturated rings. The summed E-state index contributed by atoms with van der Waals surface area (Å²) >= 11 is 3.67. The van der Waals surface area contributed by atoms with Crippen molar-refractivity contribution in [1.29, 1.82) is 0 Å². The van der Waals surface area contributed by atoms with Crippen molar-refractivity contribution in [1.82, 2.24) is 4.72 Å². The topological polar surface area (TPSA) is 46.2 Å². The minimum absolute atomic E-state index is 0.363. The number of hydrogen-bond donors (Lipinski definition) is 1. The van der Waals surface area contributed by atoms with Crippen LogP contribution >= 0.6 is 15.9 Å². The Morgan fingerprint density at radius 3 is 2.55 bits per heavy atom. The van der Waals surface area contributed by atoms with Crippen molar-refractivity contribution in [3.8, 4) is 0 Å². The molecule has 0 aliphatic heterocycles. The molecule has 1 aromatic rings. The number of alkyl halides is 1. The number of aryl methyl sites for hydroxylation is 2. The zero-order valence-electron chi connectivity index (χ0n) is 12.0. The van der Waals surface area contributed by atoms with Gasteiger partial charge < -0.3 is 0 Å². The second kappa shape index (κ2) is 6.58. The molecule has 20 heavy (non-hydrogen) atoms. The van der Waals surface area contributed by atoms with Crippen molar-refractivity contribution in [2.75, 3.05) is 6.54 Å². The highest BCUT2D eigenvalue weighted by Crippen LogP contribution is 2.29. The normalized spacial score (nSPS) is 23.8. The van der Waals surface area contributed by atoms with E-state index in [2.05, 4.69) is 20.7 Å². The maximum Gasteiger partial charge on any atom is 0.240 e. The number of rotatable bonds is 4. The van der Waals surface area contributed by atoms with E-state index in [-0.39, 0.29) is 0 Å². The zero-order chi connectivity index (χ0) is 14.8. The van der Waals surface area contributed by atoms with Crippen LogP contribution in [0.2, 0.25) is 0 Å². The van der Waals surface area contributed by atoms with Gasteiger partial charge in [0.25, 0.3) is 0 Å². The van der Waals surface area contributed by atoms with Crippen LogP contribution in [0.3, 0.4) is 0 Å². The van der Waals surface area contributed by atoms with E-state index < -0.39 is 10.0 Å². The van der Waals surface area contributed by atoms with Crippen LogP contribution in [-0.2, 0) is 10.0 Å². The summed E-state index contributed by atoms with van der Waals surface area (Å²) in [6.07, 6.45) is 4.65. The van der Waals surface area contributed by atoms with E-state index in [9.17, 15) is 8.42 Å². The van der Waals surface area contributed by atoms with Crippen LogP contribution in [-0.4, -0.2) is 19.8 Å². The first-order chi connectivity index (χ1) is 9.40. The first-order valence-corrected chi connectivity index (χ1v) is 9.51. The van der Waals surface area contributed by atoms with E-state index in [1.807, 2.05) is 19.9 Å². The summed E-state index contributed by atoms with van der Waals surface area (Å²) in [7, 11) is -3.39. The van der Waals surface area contributed by atoms with Gasteiger partial charge in [0.05, 0.1) is 4.90 Å². The van der Waals surface area contributed by atoms with Gasteiger partial charge in [-0.2, -0.15) is 0 Å². The van der Waals surface area contributed by atoms with E-state index in [1.165, 1.54) is 12.8 Å². The fourth-order valence-electron chi connectivity index (χ4n) is 2.57. The highest BCUT2D eigenvalue weighted by Gasteiger charge is 2.24. The second-order valence-electron chi connectivity index (χ2n) is 5.66. The summed E-state index contributed by atoms with van der Waals surface area (Å²) in [6, 6.07) is 5.28. The minimum Gasteiger partial charge on any atom is -0.211 e. The van der Waals surface area contributed by atoms with Gasteiger partial charge in [0.2, 0.25) is 10.0 Å². The van der Waals surface area contributed by atoms with Crippen molar-refractivity contribution in [3.05, 3.63) is 29.3 Å². The van der Waals surface area contributed by atoms with Gasteiger partial charge in [-0.05, 0) is 55.9 Å². The summed E-state index contributed by atoms with van der Waals surface area (Å²) in [5.41, 5.74) is 2.11. The average Bonchev–Trinajstić information content (AvgIpc) is 2.41. The number of benzene rings is 1. The predicted octanol–water partition coefficient (Wildman–Crippen LogP) is 3.54. The minimum atomic E-state index is -3.39. The summed E-state index contributed by atoms with van der Waals surface area (Å²) in [4.78, 5) is 0.793. The van der Waals surface area contributed by atoms with Crippen molar-refractivity contribution in [3.63, 3.8) is 0 Å². The van der Waals surface area contributed by atoms with E-state index in [1.54, 1.807) is 12.1 Å². The molecular formula is C15H22BrNO2S. The third kappa shape index (κ3) is 3.83. The Bertz CT molecular complexity index is 571. The molecule has 2 rings (SSSR count). The van der Waals surface area contributed by atoms with Gasteiger partial charge in [0.1, 0.15) is 0 Å². The molecule has 1 aromatic carbocycles. The largest absolute Gasteiger partial charge is 0.240 e. The fraction of sp³-hybridized carbons (Fsp3) is 0.600. The lowest BCUT2D eigenvalue weighted by atomic mass is 9.89. The molecule has 1 saturated carbocycles. The Kier molecular flexibility index (Phi) is 5.26. The number of sulfonamides is 1. The van der Waals surface area contributed by atoms with Crippen molar-refractivity contribution < 1.29 is 8.42 Å². The van der Waals surface area contributed by atoms with Crippen LogP contribution in [0, 0.1) is 19.8 Å². The quantitative estimate of drug-likeness (QED) is 0.835. The summed E-state index contributed by atoms with van der Waals surface area (Å²) < 4.78 is 27.4. The molecule has 0 heterocycles. The van der Waals surface area contributed by atoms with Gasteiger partial charge >= 0.3 is 0 Å². The Balaban J connectivity index is 2.05. The third-order valence-electron chi connectivity index (χ3n) is 4.14. The molecule has 1 aliphatic rings. The third-order valence-corrected chi connectivity index (χ3v) is 6.77. The van der Waals surface area contributed by atoms with E-state index in [0.29, 0.717) is 22.2 Å². The van der Waals surface area contributed by atoms with E-state index in [4.69, 9.17) is 0 Å². The SMILES string of the molecule is Cc1ccc(S(=O)(=O)NCC2CCCCC2Br)cc1C. The van der Waals surface area contributed by atoms with E-state index in [0.717, 1.165) is 24.0 Å². The first-order valence-electron chi connectivity index (χ1n) is 7.11. The fourth-order valence-corrected chi connectivity index (χ4v) is 4.53. The van der Waals surface area contributed by atoms with Crippen molar-refractivity contribution >= 4 is 26.0 Å². The standard InChI is InChI=1S/C15H22BrNO2S/c1-11-7-8-14(9-12(11)2)20(18,19)17-10-13-5-3-4-6-15(13)16/h7-9,13,15,17H,3-6,10H2,1-2H3. The lowest BCUT2D eigenvalue weighted by Gasteiger charge is -2.27. The Hall–Kier alpha value is -0.390. The maximum absolute atomic E-state index is 12.3. The van der Waals surface area contributed by atoms with Crippen LogP contribution in [0.4, 0.5) is 0 Å². The maximum atomic E-state index is 12.3. The molecule has 112 valence electrons.